The second-order valence-corrected chi connectivity index (χ2v) is 6.89. The molecule has 2 amide bonds. The number of hydrogen-bond donors (Lipinski definition) is 0. The third-order valence-electron chi connectivity index (χ3n) is 3.45. The van der Waals surface area contributed by atoms with Gasteiger partial charge >= 0.3 is 0 Å². The Labute approximate surface area is 148 Å². The van der Waals surface area contributed by atoms with Gasteiger partial charge in [0, 0.05) is 31.3 Å². The van der Waals surface area contributed by atoms with Crippen molar-refractivity contribution in [2.24, 2.45) is 0 Å². The van der Waals surface area contributed by atoms with Crippen molar-refractivity contribution >= 4 is 46.5 Å². The largest absolute Gasteiger partial charge is 0.441 e. The van der Waals surface area contributed by atoms with Gasteiger partial charge in [0.15, 0.2) is 5.88 Å². The third-order valence-corrected chi connectivity index (χ3v) is 4.61. The van der Waals surface area contributed by atoms with Crippen LogP contribution < -0.4 is 4.90 Å². The van der Waals surface area contributed by atoms with Crippen molar-refractivity contribution in [3.8, 4) is 0 Å². The third kappa shape index (κ3) is 3.49. The summed E-state index contributed by atoms with van der Waals surface area (Å²) in [6.45, 7) is 0.222. The van der Waals surface area contributed by atoms with Gasteiger partial charge in [0.05, 0.1) is 11.4 Å². The van der Waals surface area contributed by atoms with E-state index in [1.54, 1.807) is 36.4 Å². The monoisotopic (exact) mass is 362 g/mol. The highest BCUT2D eigenvalue weighted by atomic mass is 35.5. The Morgan fingerprint density at radius 1 is 1.17 bits per heavy atom. The summed E-state index contributed by atoms with van der Waals surface area (Å²) in [6.07, 6.45) is 1.60. The van der Waals surface area contributed by atoms with Crippen LogP contribution in [-0.2, 0) is 11.3 Å². The average molecular weight is 363 g/mol. The molecule has 1 aromatic carbocycles. The van der Waals surface area contributed by atoms with Gasteiger partial charge in [-0.1, -0.05) is 23.7 Å². The Bertz CT molecular complexity index is 811. The Hall–Kier alpha value is -2.18. The topological polar surface area (TPSA) is 53.8 Å². The van der Waals surface area contributed by atoms with Crippen LogP contribution in [0.3, 0.4) is 0 Å². The van der Waals surface area contributed by atoms with Crippen molar-refractivity contribution in [2.45, 2.75) is 6.54 Å². The molecule has 2 aromatic rings. The quantitative estimate of drug-likeness (QED) is 0.761. The molecular formula is C17H15ClN2O3S. The number of hydrogen-bond acceptors (Lipinski definition) is 5. The van der Waals surface area contributed by atoms with Gasteiger partial charge in [0.25, 0.3) is 11.1 Å². The second-order valence-electron chi connectivity index (χ2n) is 5.46. The summed E-state index contributed by atoms with van der Waals surface area (Å²) in [5.41, 5.74) is 0.843. The van der Waals surface area contributed by atoms with Gasteiger partial charge in [-0.2, -0.15) is 0 Å². The van der Waals surface area contributed by atoms with Crippen LogP contribution in [0.1, 0.15) is 11.3 Å². The van der Waals surface area contributed by atoms with Gasteiger partial charge in [-0.05, 0) is 35.5 Å². The first-order valence-corrected chi connectivity index (χ1v) is 8.40. The first-order chi connectivity index (χ1) is 11.4. The summed E-state index contributed by atoms with van der Waals surface area (Å²) in [5, 5.41) is 0.322. The number of thioether (sulfide) groups is 1. The van der Waals surface area contributed by atoms with Crippen LogP contribution in [0, 0.1) is 0 Å². The van der Waals surface area contributed by atoms with Crippen LogP contribution in [0.4, 0.5) is 10.7 Å². The van der Waals surface area contributed by atoms with E-state index in [2.05, 4.69) is 0 Å². The fourth-order valence-electron chi connectivity index (χ4n) is 2.20. The molecule has 24 heavy (non-hydrogen) atoms. The summed E-state index contributed by atoms with van der Waals surface area (Å²) in [6, 6.07) is 10.6. The maximum Gasteiger partial charge on any atom is 0.293 e. The zero-order valence-electron chi connectivity index (χ0n) is 13.2. The zero-order valence-corrected chi connectivity index (χ0v) is 14.7. The van der Waals surface area contributed by atoms with E-state index in [1.807, 2.05) is 25.1 Å². The van der Waals surface area contributed by atoms with Crippen molar-refractivity contribution in [3.63, 3.8) is 0 Å². The van der Waals surface area contributed by atoms with Gasteiger partial charge in [-0.15, -0.1) is 0 Å². The molecule has 0 radical (unpaired) electrons. The van der Waals surface area contributed by atoms with E-state index in [0.717, 1.165) is 17.3 Å². The molecule has 0 saturated carbocycles. The number of amides is 2. The highest BCUT2D eigenvalue weighted by Crippen LogP contribution is 2.34. The van der Waals surface area contributed by atoms with E-state index in [9.17, 15) is 9.59 Å². The van der Waals surface area contributed by atoms with E-state index in [4.69, 9.17) is 16.0 Å². The van der Waals surface area contributed by atoms with Crippen molar-refractivity contribution < 1.29 is 14.0 Å². The predicted molar refractivity (Wildman–Crippen MR) is 96.0 cm³/mol. The van der Waals surface area contributed by atoms with Crippen LogP contribution in [0.5, 0.6) is 0 Å². The molecule has 2 heterocycles. The molecular weight excluding hydrogens is 348 g/mol. The van der Waals surface area contributed by atoms with Crippen LogP contribution in [0.2, 0.25) is 5.02 Å². The zero-order chi connectivity index (χ0) is 17.3. The minimum atomic E-state index is -0.317. The van der Waals surface area contributed by atoms with Crippen LogP contribution in [-0.4, -0.2) is 30.1 Å². The minimum Gasteiger partial charge on any atom is -0.441 e. The molecule has 1 fully saturated rings. The van der Waals surface area contributed by atoms with E-state index in [1.165, 1.54) is 4.90 Å². The summed E-state index contributed by atoms with van der Waals surface area (Å²) < 4.78 is 5.60. The Morgan fingerprint density at radius 3 is 2.50 bits per heavy atom. The molecule has 124 valence electrons. The summed E-state index contributed by atoms with van der Waals surface area (Å²) in [5.74, 6) is 0.903. The van der Waals surface area contributed by atoms with Gasteiger partial charge in [0.1, 0.15) is 5.76 Å². The molecule has 1 aliphatic rings. The highest BCUT2D eigenvalue weighted by Gasteiger charge is 2.35. The fourth-order valence-corrected chi connectivity index (χ4v) is 3.14. The molecule has 3 rings (SSSR count). The molecule has 1 aliphatic heterocycles. The summed E-state index contributed by atoms with van der Waals surface area (Å²) in [4.78, 5) is 28.0. The number of nitrogens with zero attached hydrogens (tertiary/aromatic N) is 2. The predicted octanol–water partition coefficient (Wildman–Crippen LogP) is 4.24. The maximum absolute atomic E-state index is 12.5. The molecule has 7 heteroatoms. The van der Waals surface area contributed by atoms with Gasteiger partial charge in [-0.25, -0.2) is 0 Å². The fraction of sp³-hybridized carbons (Fsp3) is 0.176. The Kier molecular flexibility index (Phi) is 4.69. The molecule has 0 spiro atoms. The number of rotatable bonds is 4. The Balaban J connectivity index is 1.77. The van der Waals surface area contributed by atoms with Gasteiger partial charge in [-0.3, -0.25) is 14.5 Å². The SMILES string of the molecule is CN(C)c1ccc(/C=C2/SC(=O)N(Cc3ccc(Cl)cc3)C2=O)o1. The molecule has 0 N–H and O–H groups in total. The second kappa shape index (κ2) is 6.75. The van der Waals surface area contributed by atoms with Crippen molar-refractivity contribution in [1.29, 1.82) is 0 Å². The van der Waals surface area contributed by atoms with E-state index in [0.29, 0.717) is 21.6 Å². The van der Waals surface area contributed by atoms with Crippen LogP contribution in [0.15, 0.2) is 45.7 Å². The molecule has 1 aromatic heterocycles. The van der Waals surface area contributed by atoms with Crippen LogP contribution in [0.25, 0.3) is 6.08 Å². The number of imide groups is 1. The van der Waals surface area contributed by atoms with Gasteiger partial charge < -0.3 is 9.32 Å². The van der Waals surface area contributed by atoms with Crippen molar-refractivity contribution in [2.75, 3.05) is 19.0 Å². The number of furan rings is 1. The lowest BCUT2D eigenvalue weighted by molar-refractivity contribution is -0.123. The molecule has 0 bridgehead atoms. The number of anilines is 1. The smallest absolute Gasteiger partial charge is 0.293 e. The normalized spacial score (nSPS) is 16.3. The van der Waals surface area contributed by atoms with E-state index >= 15 is 0 Å². The Morgan fingerprint density at radius 2 is 1.88 bits per heavy atom. The standard InChI is InChI=1S/C17H15ClN2O3S/c1-19(2)15-8-7-13(23-15)9-14-16(21)20(17(22)24-14)10-11-3-5-12(18)6-4-11/h3-9H,10H2,1-2H3/b14-9+. The molecule has 0 unspecified atom stereocenters. The molecule has 0 atom stereocenters. The molecule has 5 nitrogen and oxygen atoms in total. The highest BCUT2D eigenvalue weighted by molar-refractivity contribution is 8.18. The maximum atomic E-state index is 12.5. The van der Waals surface area contributed by atoms with Crippen molar-refractivity contribution in [1.82, 2.24) is 4.90 Å². The number of benzene rings is 1. The minimum absolute atomic E-state index is 0.222. The summed E-state index contributed by atoms with van der Waals surface area (Å²) in [7, 11) is 3.73. The lowest BCUT2D eigenvalue weighted by Crippen LogP contribution is -2.27. The first-order valence-electron chi connectivity index (χ1n) is 7.21. The average Bonchev–Trinajstić information content (AvgIpc) is 3.10. The number of carbonyl (C=O) groups excluding carboxylic acids is 2. The summed E-state index contributed by atoms with van der Waals surface area (Å²) >= 11 is 6.76. The number of halogens is 1. The lowest BCUT2D eigenvalue weighted by atomic mass is 10.2. The first kappa shape index (κ1) is 16.7. The molecule has 0 aliphatic carbocycles. The van der Waals surface area contributed by atoms with E-state index in [-0.39, 0.29) is 17.7 Å². The van der Waals surface area contributed by atoms with E-state index < -0.39 is 0 Å². The van der Waals surface area contributed by atoms with Crippen LogP contribution >= 0.6 is 23.4 Å². The lowest BCUT2D eigenvalue weighted by Gasteiger charge is -2.12. The molecule has 1 saturated heterocycles. The van der Waals surface area contributed by atoms with Gasteiger partial charge in [0.2, 0.25) is 0 Å². The number of carbonyl (C=O) groups is 2. The van der Waals surface area contributed by atoms with Crippen molar-refractivity contribution in [3.05, 3.63) is 57.6 Å².